The van der Waals surface area contributed by atoms with Crippen molar-refractivity contribution in [2.45, 2.75) is 19.4 Å². The fraction of sp³-hybridized carbons (Fsp3) is 0.435. The summed E-state index contributed by atoms with van der Waals surface area (Å²) in [6.07, 6.45) is 0.664. The molecule has 3 rings (SSSR count). The molecule has 0 amide bonds. The van der Waals surface area contributed by atoms with Crippen LogP contribution >= 0.6 is 11.6 Å². The first kappa shape index (κ1) is 21.0. The first-order chi connectivity index (χ1) is 13.7. The lowest BCUT2D eigenvalue weighted by Gasteiger charge is -2.36. The highest BCUT2D eigenvalue weighted by Gasteiger charge is 2.21. The zero-order chi connectivity index (χ0) is 19.8. The monoisotopic (exact) mass is 400 g/mol. The lowest BCUT2D eigenvalue weighted by atomic mass is 10.1. The number of hydrogen-bond donors (Lipinski definition) is 0. The van der Waals surface area contributed by atoms with Crippen LogP contribution < -0.4 is 0 Å². The minimum absolute atomic E-state index is 0.115. The highest BCUT2D eigenvalue weighted by Crippen LogP contribution is 2.19. The third-order valence-corrected chi connectivity index (χ3v) is 5.50. The summed E-state index contributed by atoms with van der Waals surface area (Å²) in [5, 5.41) is 0.661. The van der Waals surface area contributed by atoms with E-state index in [1.54, 1.807) is 24.3 Å². The van der Waals surface area contributed by atoms with Crippen molar-refractivity contribution >= 4 is 17.4 Å². The molecule has 150 valence electrons. The van der Waals surface area contributed by atoms with Crippen LogP contribution in [0.4, 0.5) is 0 Å². The van der Waals surface area contributed by atoms with Crippen LogP contribution in [-0.4, -0.2) is 61.5 Å². The van der Waals surface area contributed by atoms with Gasteiger partial charge in [-0.05, 0) is 36.8 Å². The largest absolute Gasteiger partial charge is 0.372 e. The Morgan fingerprint density at radius 3 is 2.29 bits per heavy atom. The third kappa shape index (κ3) is 6.14. The zero-order valence-corrected chi connectivity index (χ0v) is 17.3. The van der Waals surface area contributed by atoms with Crippen LogP contribution in [0.3, 0.4) is 0 Å². The van der Waals surface area contributed by atoms with Gasteiger partial charge in [-0.3, -0.25) is 9.69 Å². The average Bonchev–Trinajstić information content (AvgIpc) is 2.74. The van der Waals surface area contributed by atoms with Gasteiger partial charge in [-0.15, -0.1) is 0 Å². The van der Waals surface area contributed by atoms with Crippen LogP contribution in [0.1, 0.15) is 35.4 Å². The SMILES string of the molecule is CCOC(CN1CCN(CCC(=O)c2ccc(Cl)cc2)CC1)c1ccccc1. The summed E-state index contributed by atoms with van der Waals surface area (Å²) in [7, 11) is 0. The number of nitrogens with zero attached hydrogens (tertiary/aromatic N) is 2. The molecule has 28 heavy (non-hydrogen) atoms. The maximum Gasteiger partial charge on any atom is 0.164 e. The van der Waals surface area contributed by atoms with Crippen molar-refractivity contribution in [3.05, 3.63) is 70.7 Å². The standard InChI is InChI=1S/C23H29ClN2O2/c1-2-28-23(20-6-4-3-5-7-20)18-26-16-14-25(15-17-26)13-12-22(27)19-8-10-21(24)11-9-19/h3-11,23H,2,12-18H2,1H3. The van der Waals surface area contributed by atoms with Gasteiger partial charge in [0.05, 0.1) is 6.10 Å². The van der Waals surface area contributed by atoms with E-state index in [1.807, 2.05) is 13.0 Å². The van der Waals surface area contributed by atoms with Gasteiger partial charge in [-0.1, -0.05) is 41.9 Å². The molecule has 1 fully saturated rings. The van der Waals surface area contributed by atoms with E-state index < -0.39 is 0 Å². The molecule has 0 aromatic heterocycles. The van der Waals surface area contributed by atoms with Crippen molar-refractivity contribution < 1.29 is 9.53 Å². The molecule has 2 aromatic rings. The molecule has 2 aromatic carbocycles. The number of piperazine rings is 1. The minimum Gasteiger partial charge on any atom is -0.372 e. The second-order valence-electron chi connectivity index (χ2n) is 7.18. The van der Waals surface area contributed by atoms with E-state index in [2.05, 4.69) is 34.1 Å². The Balaban J connectivity index is 1.43. The van der Waals surface area contributed by atoms with E-state index in [0.29, 0.717) is 18.1 Å². The predicted octanol–water partition coefficient (Wildman–Crippen LogP) is 4.31. The molecule has 0 bridgehead atoms. The molecule has 0 saturated carbocycles. The van der Waals surface area contributed by atoms with E-state index in [9.17, 15) is 4.79 Å². The molecule has 1 aliphatic heterocycles. The summed E-state index contributed by atoms with van der Waals surface area (Å²) < 4.78 is 5.98. The summed E-state index contributed by atoms with van der Waals surface area (Å²) >= 11 is 5.89. The lowest BCUT2D eigenvalue weighted by molar-refractivity contribution is 0.0183. The number of halogens is 1. The molecule has 1 atom stereocenters. The van der Waals surface area contributed by atoms with Crippen LogP contribution in [0.5, 0.6) is 0 Å². The van der Waals surface area contributed by atoms with Gasteiger partial charge in [0.1, 0.15) is 0 Å². The van der Waals surface area contributed by atoms with Crippen molar-refractivity contribution in [3.63, 3.8) is 0 Å². The van der Waals surface area contributed by atoms with E-state index >= 15 is 0 Å². The Morgan fingerprint density at radius 2 is 1.64 bits per heavy atom. The van der Waals surface area contributed by atoms with Crippen molar-refractivity contribution in [3.8, 4) is 0 Å². The molecule has 1 aliphatic rings. The molecule has 4 nitrogen and oxygen atoms in total. The molecule has 1 heterocycles. The molecule has 5 heteroatoms. The van der Waals surface area contributed by atoms with Crippen molar-refractivity contribution in [1.29, 1.82) is 0 Å². The fourth-order valence-corrected chi connectivity index (χ4v) is 3.72. The van der Waals surface area contributed by atoms with Crippen molar-refractivity contribution in [2.75, 3.05) is 45.9 Å². The summed E-state index contributed by atoms with van der Waals surface area (Å²) in [5.41, 5.74) is 1.98. The highest BCUT2D eigenvalue weighted by atomic mass is 35.5. The number of ether oxygens (including phenoxy) is 1. The normalized spacial score (nSPS) is 16.8. The van der Waals surface area contributed by atoms with E-state index in [1.165, 1.54) is 5.56 Å². The van der Waals surface area contributed by atoms with Gasteiger partial charge in [0, 0.05) is 62.9 Å². The van der Waals surface area contributed by atoms with Crippen LogP contribution in [0.2, 0.25) is 5.02 Å². The number of Topliss-reactive ketones (excluding diaryl/α,β-unsaturated/α-hetero) is 1. The topological polar surface area (TPSA) is 32.8 Å². The average molecular weight is 401 g/mol. The minimum atomic E-state index is 0.115. The number of ketones is 1. The molecule has 1 saturated heterocycles. The number of benzene rings is 2. The van der Waals surface area contributed by atoms with Gasteiger partial charge in [0.15, 0.2) is 5.78 Å². The second kappa shape index (κ2) is 10.7. The van der Waals surface area contributed by atoms with Crippen LogP contribution in [-0.2, 0) is 4.74 Å². The molecule has 0 aliphatic carbocycles. The first-order valence-corrected chi connectivity index (χ1v) is 10.4. The van der Waals surface area contributed by atoms with E-state index in [0.717, 1.165) is 44.8 Å². The second-order valence-corrected chi connectivity index (χ2v) is 7.61. The molecule has 1 unspecified atom stereocenters. The zero-order valence-electron chi connectivity index (χ0n) is 16.5. The van der Waals surface area contributed by atoms with Gasteiger partial charge in [-0.25, -0.2) is 0 Å². The smallest absolute Gasteiger partial charge is 0.164 e. The molecular formula is C23H29ClN2O2. The maximum absolute atomic E-state index is 12.3. The van der Waals surface area contributed by atoms with Gasteiger partial charge < -0.3 is 9.64 Å². The van der Waals surface area contributed by atoms with E-state index in [-0.39, 0.29) is 11.9 Å². The number of hydrogen-bond acceptors (Lipinski definition) is 4. The van der Waals surface area contributed by atoms with Crippen LogP contribution in [0.15, 0.2) is 54.6 Å². The summed E-state index contributed by atoms with van der Waals surface area (Å²) in [6, 6.07) is 17.6. The fourth-order valence-electron chi connectivity index (χ4n) is 3.59. The number of carbonyl (C=O) groups excluding carboxylic acids is 1. The van der Waals surface area contributed by atoms with Gasteiger partial charge in [0.2, 0.25) is 0 Å². The van der Waals surface area contributed by atoms with Gasteiger partial charge in [-0.2, -0.15) is 0 Å². The molecule has 0 N–H and O–H groups in total. The Labute approximate surface area is 173 Å². The van der Waals surface area contributed by atoms with Crippen molar-refractivity contribution in [2.24, 2.45) is 0 Å². The quantitative estimate of drug-likeness (QED) is 0.587. The first-order valence-electron chi connectivity index (χ1n) is 10.1. The number of rotatable bonds is 9. The number of carbonyl (C=O) groups is 1. The Kier molecular flexibility index (Phi) is 8.04. The maximum atomic E-state index is 12.3. The van der Waals surface area contributed by atoms with E-state index in [4.69, 9.17) is 16.3 Å². The summed E-state index contributed by atoms with van der Waals surface area (Å²) in [5.74, 6) is 0.180. The lowest BCUT2D eigenvalue weighted by Crippen LogP contribution is -2.48. The highest BCUT2D eigenvalue weighted by molar-refractivity contribution is 6.30. The Bertz CT molecular complexity index is 728. The van der Waals surface area contributed by atoms with Crippen LogP contribution in [0, 0.1) is 0 Å². The predicted molar refractivity (Wildman–Crippen MR) is 114 cm³/mol. The van der Waals surface area contributed by atoms with Gasteiger partial charge >= 0.3 is 0 Å². The van der Waals surface area contributed by atoms with Crippen molar-refractivity contribution in [1.82, 2.24) is 9.80 Å². The molecule has 0 radical (unpaired) electrons. The Hall–Kier alpha value is -1.72. The summed E-state index contributed by atoms with van der Waals surface area (Å²) in [4.78, 5) is 17.2. The third-order valence-electron chi connectivity index (χ3n) is 5.25. The van der Waals surface area contributed by atoms with Gasteiger partial charge in [0.25, 0.3) is 0 Å². The molecular weight excluding hydrogens is 372 g/mol. The molecule has 0 spiro atoms. The Morgan fingerprint density at radius 1 is 1.00 bits per heavy atom. The summed E-state index contributed by atoms with van der Waals surface area (Å²) in [6.45, 7) is 8.47. The van der Waals surface area contributed by atoms with Crippen LogP contribution in [0.25, 0.3) is 0 Å².